The van der Waals surface area contributed by atoms with E-state index in [2.05, 4.69) is 9.80 Å². The molecule has 242 valence electrons. The Bertz CT molecular complexity index is 1750. The van der Waals surface area contributed by atoms with Crippen LogP contribution >= 0.6 is 11.6 Å². The maximum atomic E-state index is 15.3. The second-order valence-corrected chi connectivity index (χ2v) is 12.3. The maximum Gasteiger partial charge on any atom is 0.338 e. The van der Waals surface area contributed by atoms with Crippen molar-refractivity contribution in [1.82, 2.24) is 19.4 Å². The van der Waals surface area contributed by atoms with Crippen molar-refractivity contribution in [2.45, 2.75) is 38.2 Å². The molecular weight excluding hydrogens is 620 g/mol. The summed E-state index contributed by atoms with van der Waals surface area (Å²) in [5.74, 6) is 0.549. The zero-order chi connectivity index (χ0) is 31.8. The van der Waals surface area contributed by atoms with Gasteiger partial charge < -0.3 is 28.4 Å². The minimum Gasteiger partial charge on any atom is -0.473 e. The fourth-order valence-electron chi connectivity index (χ4n) is 6.62. The molecule has 2 aromatic carbocycles. The van der Waals surface area contributed by atoms with Crippen molar-refractivity contribution in [1.29, 1.82) is 0 Å². The van der Waals surface area contributed by atoms with E-state index in [9.17, 15) is 9.18 Å². The molecule has 3 aliphatic heterocycles. The summed E-state index contributed by atoms with van der Waals surface area (Å²) in [4.78, 5) is 26.4. The van der Waals surface area contributed by atoms with Crippen molar-refractivity contribution in [3.05, 3.63) is 82.1 Å². The van der Waals surface area contributed by atoms with E-state index in [1.165, 1.54) is 19.2 Å². The first-order valence-corrected chi connectivity index (χ1v) is 15.7. The number of benzene rings is 2. The van der Waals surface area contributed by atoms with Crippen molar-refractivity contribution < 1.29 is 32.5 Å². The molecule has 0 N–H and O–H groups in total. The van der Waals surface area contributed by atoms with Gasteiger partial charge in [-0.3, -0.25) is 4.90 Å². The molecule has 13 heteroatoms. The van der Waals surface area contributed by atoms with Crippen LogP contribution in [0.3, 0.4) is 0 Å². The summed E-state index contributed by atoms with van der Waals surface area (Å²) in [5, 5.41) is 0.328. The van der Waals surface area contributed by atoms with E-state index in [-0.39, 0.29) is 35.7 Å². The Morgan fingerprint density at radius 1 is 1.02 bits per heavy atom. The third-order valence-electron chi connectivity index (χ3n) is 9.03. The number of hydrogen-bond donors (Lipinski definition) is 0. The highest BCUT2D eigenvalue weighted by molar-refractivity contribution is 6.30. The number of rotatable bonds is 9. The van der Waals surface area contributed by atoms with E-state index in [1.54, 1.807) is 24.3 Å². The van der Waals surface area contributed by atoms with Crippen molar-refractivity contribution in [2.75, 3.05) is 51.5 Å². The van der Waals surface area contributed by atoms with Crippen LogP contribution < -0.4 is 9.64 Å². The first-order valence-electron chi connectivity index (χ1n) is 15.3. The van der Waals surface area contributed by atoms with Gasteiger partial charge in [0.1, 0.15) is 29.6 Å². The number of anilines is 1. The standard InChI is InChI=1S/C33H34ClF2N5O5/c1-43-33(42)22-11-25(36)32-26(12-22)41(14-20-7-10-44-16-20)30(38-32)15-39-8-9-40(28-19-45-18-27(28)39)29-3-2-4-31(37-29)46-17-21-5-6-23(34)13-24(21)35/h2-6,11-13,20,27-28H,7-10,14-19H2,1H3/t20-,27-,28+/m1/s1. The Balaban J connectivity index is 1.11. The first kappa shape index (κ1) is 30.8. The van der Waals surface area contributed by atoms with Crippen LogP contribution in [0.25, 0.3) is 11.0 Å². The predicted molar refractivity (Wildman–Crippen MR) is 166 cm³/mol. The molecular formula is C33H34ClF2N5O5. The van der Waals surface area contributed by atoms with Crippen LogP contribution in [0.2, 0.25) is 5.02 Å². The lowest BCUT2D eigenvalue weighted by Crippen LogP contribution is -2.59. The highest BCUT2D eigenvalue weighted by Gasteiger charge is 2.42. The number of nitrogens with zero attached hydrogens (tertiary/aromatic N) is 5. The molecule has 10 nitrogen and oxygen atoms in total. The molecule has 0 saturated carbocycles. The number of hydrogen-bond acceptors (Lipinski definition) is 9. The molecule has 0 radical (unpaired) electrons. The molecule has 0 bridgehead atoms. The van der Waals surface area contributed by atoms with E-state index in [4.69, 9.17) is 40.5 Å². The normalized spacial score (nSPS) is 21.6. The van der Waals surface area contributed by atoms with E-state index < -0.39 is 17.6 Å². The maximum absolute atomic E-state index is 15.3. The van der Waals surface area contributed by atoms with Gasteiger partial charge >= 0.3 is 5.97 Å². The first-order chi connectivity index (χ1) is 22.4. The van der Waals surface area contributed by atoms with E-state index in [0.717, 1.165) is 18.1 Å². The number of halogens is 3. The quantitative estimate of drug-likeness (QED) is 0.235. The van der Waals surface area contributed by atoms with Crippen LogP contribution in [0.4, 0.5) is 14.6 Å². The monoisotopic (exact) mass is 653 g/mol. The zero-order valence-electron chi connectivity index (χ0n) is 25.3. The number of methoxy groups -OCH3 is 1. The van der Waals surface area contributed by atoms with Crippen LogP contribution in [0.15, 0.2) is 48.5 Å². The SMILES string of the molecule is COC(=O)c1cc(F)c2nc(CN3CCN(c4cccc(OCc5ccc(Cl)cc5F)n4)[C@H]4COC[C@H]43)n(C[C@H]3CCOC3)c2c1. The number of imidazole rings is 1. The van der Waals surface area contributed by atoms with Crippen molar-refractivity contribution in [3.8, 4) is 5.88 Å². The summed E-state index contributed by atoms with van der Waals surface area (Å²) in [5.41, 5.74) is 1.35. The van der Waals surface area contributed by atoms with E-state index in [1.807, 2.05) is 16.7 Å². The van der Waals surface area contributed by atoms with Gasteiger partial charge in [-0.05, 0) is 36.8 Å². The highest BCUT2D eigenvalue weighted by Crippen LogP contribution is 2.32. The summed E-state index contributed by atoms with van der Waals surface area (Å²) in [6, 6.07) is 13.0. The number of piperazine rings is 1. The van der Waals surface area contributed by atoms with Gasteiger partial charge in [0, 0.05) is 48.8 Å². The number of aromatic nitrogens is 3. The van der Waals surface area contributed by atoms with Crippen molar-refractivity contribution in [3.63, 3.8) is 0 Å². The number of pyridine rings is 1. The number of ether oxygens (including phenoxy) is 4. The van der Waals surface area contributed by atoms with Crippen molar-refractivity contribution in [2.24, 2.45) is 5.92 Å². The molecule has 3 fully saturated rings. The molecule has 0 amide bonds. The minimum atomic E-state index is -0.596. The van der Waals surface area contributed by atoms with Gasteiger partial charge in [0.15, 0.2) is 5.82 Å². The smallest absolute Gasteiger partial charge is 0.338 e. The molecule has 0 unspecified atom stereocenters. The van der Waals surface area contributed by atoms with Crippen LogP contribution in [-0.2, 0) is 33.9 Å². The fraction of sp³-hybridized carbons (Fsp3) is 0.424. The van der Waals surface area contributed by atoms with Gasteiger partial charge in [-0.1, -0.05) is 23.7 Å². The third kappa shape index (κ3) is 6.14. The van der Waals surface area contributed by atoms with Gasteiger partial charge in [0.2, 0.25) is 5.88 Å². The molecule has 7 rings (SSSR count). The Morgan fingerprint density at radius 3 is 2.70 bits per heavy atom. The second kappa shape index (κ2) is 13.1. The Hall–Kier alpha value is -3.84. The van der Waals surface area contributed by atoms with Gasteiger partial charge in [-0.15, -0.1) is 0 Å². The van der Waals surface area contributed by atoms with Crippen molar-refractivity contribution >= 4 is 34.4 Å². The number of esters is 1. The molecule has 2 aromatic heterocycles. The molecule has 46 heavy (non-hydrogen) atoms. The summed E-state index contributed by atoms with van der Waals surface area (Å²) < 4.78 is 54.0. The molecule has 0 spiro atoms. The number of carbonyl (C=O) groups is 1. The fourth-order valence-corrected chi connectivity index (χ4v) is 6.78. The lowest BCUT2D eigenvalue weighted by atomic mass is 10.0. The predicted octanol–water partition coefficient (Wildman–Crippen LogP) is 4.85. The van der Waals surface area contributed by atoms with Crippen LogP contribution in [0, 0.1) is 17.6 Å². The Kier molecular flexibility index (Phi) is 8.78. The molecule has 3 saturated heterocycles. The topological polar surface area (TPSA) is 91.2 Å². The number of fused-ring (bicyclic) bond motifs is 2. The Labute approximate surface area is 269 Å². The summed E-state index contributed by atoms with van der Waals surface area (Å²) in [7, 11) is 1.28. The molecule has 5 heterocycles. The van der Waals surface area contributed by atoms with Crippen LogP contribution in [0.1, 0.15) is 28.2 Å². The average molecular weight is 654 g/mol. The van der Waals surface area contributed by atoms with Gasteiger partial charge in [-0.2, -0.15) is 4.98 Å². The van der Waals surface area contributed by atoms with Gasteiger partial charge in [0.05, 0.1) is 56.6 Å². The summed E-state index contributed by atoms with van der Waals surface area (Å²) >= 11 is 5.88. The third-order valence-corrected chi connectivity index (χ3v) is 9.26. The lowest BCUT2D eigenvalue weighted by molar-refractivity contribution is 0.0600. The van der Waals surface area contributed by atoms with E-state index >= 15 is 4.39 Å². The molecule has 3 atom stereocenters. The molecule has 4 aromatic rings. The summed E-state index contributed by atoms with van der Waals surface area (Å²) in [6.45, 7) is 4.85. The minimum absolute atomic E-state index is 0.0222. The van der Waals surface area contributed by atoms with Gasteiger partial charge in [-0.25, -0.2) is 18.6 Å². The zero-order valence-corrected chi connectivity index (χ0v) is 26.1. The Morgan fingerprint density at radius 2 is 1.89 bits per heavy atom. The van der Waals surface area contributed by atoms with E-state index in [0.29, 0.717) is 74.6 Å². The average Bonchev–Trinajstić information content (AvgIpc) is 3.83. The highest BCUT2D eigenvalue weighted by atomic mass is 35.5. The molecule has 0 aliphatic carbocycles. The van der Waals surface area contributed by atoms with Crippen LogP contribution in [0.5, 0.6) is 5.88 Å². The summed E-state index contributed by atoms with van der Waals surface area (Å²) in [6.07, 6.45) is 0.903. The van der Waals surface area contributed by atoms with Gasteiger partial charge in [0.25, 0.3) is 0 Å². The largest absolute Gasteiger partial charge is 0.473 e. The number of carbonyl (C=O) groups excluding carboxylic acids is 1. The van der Waals surface area contributed by atoms with Crippen LogP contribution in [-0.4, -0.2) is 84.1 Å². The second-order valence-electron chi connectivity index (χ2n) is 11.9. The molecule has 3 aliphatic rings. The lowest BCUT2D eigenvalue weighted by Gasteiger charge is -2.44.